The van der Waals surface area contributed by atoms with Gasteiger partial charge in [-0.05, 0) is 62.3 Å². The number of fused-ring (bicyclic) bond motifs is 1. The second-order valence-electron chi connectivity index (χ2n) is 9.84. The molecule has 0 spiro atoms. The number of aromatic amines is 1. The van der Waals surface area contributed by atoms with Gasteiger partial charge in [-0.25, -0.2) is 0 Å². The zero-order chi connectivity index (χ0) is 27.7. The van der Waals surface area contributed by atoms with Crippen molar-refractivity contribution in [1.29, 1.82) is 0 Å². The van der Waals surface area contributed by atoms with Crippen molar-refractivity contribution in [2.75, 3.05) is 0 Å². The number of aromatic nitrogens is 7. The van der Waals surface area contributed by atoms with Crippen molar-refractivity contribution in [2.45, 2.75) is 57.3 Å². The van der Waals surface area contributed by atoms with Crippen LogP contribution in [0.15, 0.2) is 53.6 Å². The number of halogens is 3. The smallest absolute Gasteiger partial charge is 0.417 e. The van der Waals surface area contributed by atoms with Gasteiger partial charge >= 0.3 is 6.18 Å². The number of nitrogens with zero attached hydrogens (tertiary/aromatic N) is 6. The minimum absolute atomic E-state index is 0.0270. The Bertz CT molecular complexity index is 1620. The fourth-order valence-electron chi connectivity index (χ4n) is 4.62. The third-order valence-electron chi connectivity index (χ3n) is 6.86. The minimum atomic E-state index is -4.46. The summed E-state index contributed by atoms with van der Waals surface area (Å²) in [6, 6.07) is 6.21. The van der Waals surface area contributed by atoms with Crippen molar-refractivity contribution in [3.05, 3.63) is 77.5 Å². The van der Waals surface area contributed by atoms with E-state index in [2.05, 4.69) is 41.9 Å². The normalized spacial score (nSPS) is 13.7. The molecule has 5 heterocycles. The highest BCUT2D eigenvalue weighted by atomic mass is 19.4. The highest BCUT2D eigenvalue weighted by molar-refractivity contribution is 5.96. The zero-order valence-electron chi connectivity index (χ0n) is 21.3. The van der Waals surface area contributed by atoms with Crippen molar-refractivity contribution in [3.8, 4) is 11.1 Å². The number of unbranched alkanes of at least 4 members (excludes halogenated alkanes) is 1. The van der Waals surface area contributed by atoms with Crippen molar-refractivity contribution in [3.63, 3.8) is 0 Å². The zero-order valence-corrected chi connectivity index (χ0v) is 21.3. The van der Waals surface area contributed by atoms with E-state index >= 15 is 0 Å². The molecule has 0 atom stereocenters. The molecular weight excluding hydrogens is 525 g/mol. The lowest BCUT2D eigenvalue weighted by Crippen LogP contribution is -2.23. The molecule has 1 fully saturated rings. The van der Waals surface area contributed by atoms with Crippen LogP contribution in [0.4, 0.5) is 13.2 Å². The molecule has 206 valence electrons. The van der Waals surface area contributed by atoms with Crippen molar-refractivity contribution >= 4 is 16.9 Å². The van der Waals surface area contributed by atoms with Gasteiger partial charge in [-0.1, -0.05) is 5.21 Å². The van der Waals surface area contributed by atoms with Gasteiger partial charge in [0.05, 0.1) is 42.2 Å². The number of nitrogens with one attached hydrogen (secondary N) is 2. The Morgan fingerprint density at radius 2 is 2.00 bits per heavy atom. The number of carbonyl (C=O) groups excluding carboxylic acids is 1. The molecule has 2 N–H and O–H groups in total. The maximum Gasteiger partial charge on any atom is 0.417 e. The summed E-state index contributed by atoms with van der Waals surface area (Å²) in [5, 5.41) is 20.4. The molecule has 13 heteroatoms. The number of hydrogen-bond donors (Lipinski definition) is 2. The van der Waals surface area contributed by atoms with Gasteiger partial charge in [0.2, 0.25) is 0 Å². The van der Waals surface area contributed by atoms with Gasteiger partial charge < -0.3 is 14.7 Å². The number of amides is 1. The Morgan fingerprint density at radius 1 is 1.12 bits per heavy atom. The fourth-order valence-corrected chi connectivity index (χ4v) is 4.62. The largest absolute Gasteiger partial charge is 0.472 e. The van der Waals surface area contributed by atoms with Crippen LogP contribution in [0.25, 0.3) is 22.2 Å². The first kappa shape index (κ1) is 25.7. The molecule has 5 aromatic rings. The van der Waals surface area contributed by atoms with Crippen LogP contribution >= 0.6 is 0 Å². The summed E-state index contributed by atoms with van der Waals surface area (Å²) in [5.74, 6) is 0.0423. The minimum Gasteiger partial charge on any atom is -0.472 e. The molecule has 0 bridgehead atoms. The number of furan rings is 1. The molecule has 1 aliphatic rings. The van der Waals surface area contributed by atoms with Gasteiger partial charge in [0.15, 0.2) is 11.3 Å². The summed E-state index contributed by atoms with van der Waals surface area (Å²) in [6.07, 6.45) is 5.95. The molecular formula is C27H25F3N8O2. The maximum atomic E-state index is 12.7. The van der Waals surface area contributed by atoms with Gasteiger partial charge in [0, 0.05) is 34.9 Å². The third-order valence-corrected chi connectivity index (χ3v) is 6.86. The molecule has 1 saturated carbocycles. The lowest BCUT2D eigenvalue weighted by molar-refractivity contribution is -0.137. The lowest BCUT2D eigenvalue weighted by atomic mass is 10.0. The lowest BCUT2D eigenvalue weighted by Gasteiger charge is -2.07. The predicted molar refractivity (Wildman–Crippen MR) is 137 cm³/mol. The van der Waals surface area contributed by atoms with Crippen LogP contribution in [-0.4, -0.2) is 41.1 Å². The number of alkyl halides is 3. The number of H-pyrrole nitrogens is 1. The van der Waals surface area contributed by atoms with Gasteiger partial charge in [0.25, 0.3) is 5.91 Å². The van der Waals surface area contributed by atoms with Gasteiger partial charge in [-0.3, -0.25) is 14.5 Å². The van der Waals surface area contributed by atoms with Gasteiger partial charge in [-0.15, -0.1) is 10.2 Å². The summed E-state index contributed by atoms with van der Waals surface area (Å²) in [4.78, 5) is 19.6. The van der Waals surface area contributed by atoms with E-state index in [0.717, 1.165) is 59.4 Å². The van der Waals surface area contributed by atoms with E-state index in [9.17, 15) is 18.0 Å². The Balaban J connectivity index is 1.01. The van der Waals surface area contributed by atoms with Crippen molar-refractivity contribution in [2.24, 2.45) is 0 Å². The topological polar surface area (TPSA) is 127 Å². The molecule has 0 aliphatic heterocycles. The average Bonchev–Trinajstić information content (AvgIpc) is 3.30. The first-order valence-electron chi connectivity index (χ1n) is 13.0. The monoisotopic (exact) mass is 550 g/mol. The summed E-state index contributed by atoms with van der Waals surface area (Å²) in [6.45, 7) is 0.535. The standard InChI is InChI=1S/C27H25F3N8O2/c28-27(29,30)18-6-7-20(31-12-18)13-32-26(39)22-14-38(37-35-22)9-2-1-3-19-11-21-23(17-8-10-40-15-17)24(16-4-5-16)33-25(21)36-34-19/h6-8,10-12,14-16H,1-5,9,13H2,(H,32,39)(H,33,36). The van der Waals surface area contributed by atoms with E-state index in [-0.39, 0.29) is 12.2 Å². The summed E-state index contributed by atoms with van der Waals surface area (Å²) in [7, 11) is 0. The fraction of sp³-hybridized carbons (Fsp3) is 0.333. The molecule has 0 unspecified atom stereocenters. The van der Waals surface area contributed by atoms with E-state index in [1.54, 1.807) is 17.2 Å². The Hall–Kier alpha value is -4.55. The molecule has 0 saturated heterocycles. The number of aryl methyl sites for hydroxylation is 2. The Labute approximate surface area is 226 Å². The molecule has 0 aromatic carbocycles. The van der Waals surface area contributed by atoms with E-state index < -0.39 is 17.6 Å². The highest BCUT2D eigenvalue weighted by Crippen LogP contribution is 2.46. The van der Waals surface area contributed by atoms with E-state index in [1.165, 1.54) is 30.8 Å². The van der Waals surface area contributed by atoms with Gasteiger partial charge in [0.1, 0.15) is 0 Å². The van der Waals surface area contributed by atoms with Crippen molar-refractivity contribution in [1.82, 2.24) is 40.5 Å². The summed E-state index contributed by atoms with van der Waals surface area (Å²) in [5.41, 5.74) is 4.63. The Kier molecular flexibility index (Phi) is 6.78. The van der Waals surface area contributed by atoms with E-state index in [1.807, 2.05) is 6.07 Å². The molecule has 10 nitrogen and oxygen atoms in total. The van der Waals surface area contributed by atoms with Crippen molar-refractivity contribution < 1.29 is 22.4 Å². The van der Waals surface area contributed by atoms with E-state index in [0.29, 0.717) is 18.2 Å². The van der Waals surface area contributed by atoms with Crippen LogP contribution in [0.3, 0.4) is 0 Å². The number of carbonyl (C=O) groups is 1. The van der Waals surface area contributed by atoms with Crippen LogP contribution in [-0.2, 0) is 25.7 Å². The number of rotatable bonds is 10. The van der Waals surface area contributed by atoms with Crippen LogP contribution in [0.5, 0.6) is 0 Å². The third kappa shape index (κ3) is 5.58. The van der Waals surface area contributed by atoms with Gasteiger partial charge in [-0.2, -0.15) is 18.3 Å². The first-order chi connectivity index (χ1) is 19.3. The number of hydrogen-bond acceptors (Lipinski definition) is 7. The second-order valence-corrected chi connectivity index (χ2v) is 9.84. The molecule has 1 aliphatic carbocycles. The second kappa shape index (κ2) is 10.5. The maximum absolute atomic E-state index is 12.7. The molecule has 5 aromatic heterocycles. The molecule has 0 radical (unpaired) electrons. The molecule has 1 amide bonds. The van der Waals surface area contributed by atoms with Crippen LogP contribution in [0.2, 0.25) is 0 Å². The van der Waals surface area contributed by atoms with Crippen LogP contribution < -0.4 is 5.32 Å². The van der Waals surface area contributed by atoms with E-state index in [4.69, 9.17) is 4.42 Å². The molecule has 6 rings (SSSR count). The highest BCUT2D eigenvalue weighted by Gasteiger charge is 2.31. The first-order valence-corrected chi connectivity index (χ1v) is 13.0. The summed E-state index contributed by atoms with van der Waals surface area (Å²) >= 11 is 0. The predicted octanol–water partition coefficient (Wildman–Crippen LogP) is 5.05. The average molecular weight is 551 g/mol. The SMILES string of the molecule is O=C(NCc1ccc(C(F)(F)F)cn1)c1cn(CCCCc2cc3c(-c4ccoc4)c(C4CC4)[nH]c3nn2)nn1. The van der Waals surface area contributed by atoms with Crippen LogP contribution in [0.1, 0.15) is 64.7 Å². The molecule has 40 heavy (non-hydrogen) atoms. The Morgan fingerprint density at radius 3 is 2.73 bits per heavy atom. The van der Waals surface area contributed by atoms with Crippen LogP contribution in [0, 0.1) is 0 Å². The number of pyridine rings is 1. The summed E-state index contributed by atoms with van der Waals surface area (Å²) < 4.78 is 44.9. The quantitative estimate of drug-likeness (QED) is 0.233.